The molecule has 2 aromatic rings. The van der Waals surface area contributed by atoms with Gasteiger partial charge in [-0.25, -0.2) is 8.42 Å². The normalized spacial score (nSPS) is 21.2. The first-order valence-electron chi connectivity index (χ1n) is 8.23. The van der Waals surface area contributed by atoms with E-state index in [1.54, 1.807) is 48.5 Å². The Kier molecular flexibility index (Phi) is 6.35. The van der Waals surface area contributed by atoms with Crippen molar-refractivity contribution in [3.63, 3.8) is 0 Å². The Labute approximate surface area is 193 Å². The number of carboxylic acid groups (broad SMARTS) is 1. The number of amides is 1. The van der Waals surface area contributed by atoms with Crippen molar-refractivity contribution < 1.29 is 52.7 Å². The number of rotatable bonds is 4. The van der Waals surface area contributed by atoms with Crippen molar-refractivity contribution in [2.24, 2.45) is 0 Å². The van der Waals surface area contributed by atoms with Crippen LogP contribution in [0.4, 0.5) is 0 Å². The number of thioether (sulfide) groups is 1. The van der Waals surface area contributed by atoms with E-state index in [1.807, 2.05) is 0 Å². The minimum absolute atomic E-state index is 0. The zero-order valence-electron chi connectivity index (χ0n) is 15.3. The van der Waals surface area contributed by atoms with Crippen LogP contribution in [0, 0.1) is 0 Å². The molecular formula is C19H13N2NaO5S2. The van der Waals surface area contributed by atoms with E-state index < -0.39 is 38.5 Å². The number of hydrogen-bond acceptors (Lipinski definition) is 7. The molecule has 1 aromatic carbocycles. The number of benzene rings is 1. The van der Waals surface area contributed by atoms with Gasteiger partial charge >= 0.3 is 29.6 Å². The summed E-state index contributed by atoms with van der Waals surface area (Å²) < 4.78 is 25.7. The molecule has 29 heavy (non-hydrogen) atoms. The SMILES string of the molecule is O=C([O-])C1=C(Sc2ccccc2)CS(=O)(=O)[C@@H]2/C(=C\c3ccccn3)C(=O)N12.[Na+]. The van der Waals surface area contributed by atoms with Crippen molar-refractivity contribution >= 4 is 39.6 Å². The molecule has 0 unspecified atom stereocenters. The first kappa shape index (κ1) is 21.8. The summed E-state index contributed by atoms with van der Waals surface area (Å²) in [5, 5.41) is 10.4. The monoisotopic (exact) mass is 436 g/mol. The van der Waals surface area contributed by atoms with Crippen molar-refractivity contribution in [2.75, 3.05) is 5.75 Å². The number of β-lactam (4-membered cyclic amide) rings is 1. The summed E-state index contributed by atoms with van der Waals surface area (Å²) in [6.07, 6.45) is 2.90. The summed E-state index contributed by atoms with van der Waals surface area (Å²) >= 11 is 1.00. The molecule has 1 aromatic heterocycles. The first-order chi connectivity index (χ1) is 13.4. The second-order valence-corrected chi connectivity index (χ2v) is 9.39. The van der Waals surface area contributed by atoms with Crippen LogP contribution in [0.15, 0.2) is 75.8 Å². The smallest absolute Gasteiger partial charge is 0.543 e. The maximum absolute atomic E-state index is 12.8. The van der Waals surface area contributed by atoms with Crippen molar-refractivity contribution in [2.45, 2.75) is 10.3 Å². The topological polar surface area (TPSA) is 107 Å². The van der Waals surface area contributed by atoms with Crippen LogP contribution in [0.1, 0.15) is 5.69 Å². The van der Waals surface area contributed by atoms with Gasteiger partial charge in [-0.05, 0) is 30.3 Å². The van der Waals surface area contributed by atoms with Crippen LogP contribution in [-0.2, 0) is 19.4 Å². The van der Waals surface area contributed by atoms with Crippen LogP contribution in [-0.4, -0.2) is 41.3 Å². The number of fused-ring (bicyclic) bond motifs is 1. The van der Waals surface area contributed by atoms with Gasteiger partial charge in [0.2, 0.25) is 0 Å². The number of sulfone groups is 1. The van der Waals surface area contributed by atoms with Gasteiger partial charge in [0.15, 0.2) is 15.2 Å². The maximum Gasteiger partial charge on any atom is 1.00 e. The van der Waals surface area contributed by atoms with Crippen molar-refractivity contribution in [3.05, 3.63) is 76.6 Å². The number of nitrogens with zero attached hydrogens (tertiary/aromatic N) is 2. The molecule has 0 bridgehead atoms. The van der Waals surface area contributed by atoms with Crippen LogP contribution in [0.2, 0.25) is 0 Å². The maximum atomic E-state index is 12.8. The summed E-state index contributed by atoms with van der Waals surface area (Å²) in [7, 11) is -3.82. The fourth-order valence-electron chi connectivity index (χ4n) is 3.14. The molecule has 4 rings (SSSR count). The molecule has 0 spiro atoms. The molecule has 7 nitrogen and oxygen atoms in total. The molecule has 2 aliphatic heterocycles. The van der Waals surface area contributed by atoms with E-state index >= 15 is 0 Å². The molecule has 1 amide bonds. The van der Waals surface area contributed by atoms with Crippen molar-refractivity contribution in [3.8, 4) is 0 Å². The minimum atomic E-state index is -3.82. The van der Waals surface area contributed by atoms with Crippen molar-refractivity contribution in [1.29, 1.82) is 0 Å². The average molecular weight is 436 g/mol. The molecule has 2 aliphatic rings. The number of aliphatic carboxylic acids is 1. The average Bonchev–Trinajstić information content (AvgIpc) is 2.66. The van der Waals surface area contributed by atoms with Crippen LogP contribution in [0.25, 0.3) is 6.08 Å². The Balaban J connectivity index is 0.00000240. The number of pyridine rings is 1. The van der Waals surface area contributed by atoms with Gasteiger partial charge in [-0.2, -0.15) is 0 Å². The van der Waals surface area contributed by atoms with Gasteiger partial charge < -0.3 is 9.90 Å². The predicted octanol–water partition coefficient (Wildman–Crippen LogP) is -2.18. The standard InChI is InChI=1S/C19H14N2O5S2.Na/c22-17-14(10-12-6-4-5-9-20-12)18-21(17)16(19(23)24)15(11-28(18,25)26)27-13-7-2-1-3-8-13;/h1-10,18H,11H2,(H,23,24);/q;+1/p-1/b14-10-;/t18-;/m1./s1. The third kappa shape index (κ3) is 4.06. The molecule has 1 fully saturated rings. The fourth-order valence-corrected chi connectivity index (χ4v) is 6.46. The van der Waals surface area contributed by atoms with Crippen molar-refractivity contribution in [1.82, 2.24) is 9.88 Å². The van der Waals surface area contributed by atoms with E-state index in [0.717, 1.165) is 16.7 Å². The summed E-state index contributed by atoms with van der Waals surface area (Å²) in [6, 6.07) is 13.8. The third-order valence-electron chi connectivity index (χ3n) is 4.31. The number of carbonyl (C=O) groups is 2. The molecule has 3 heterocycles. The third-order valence-corrected chi connectivity index (χ3v) is 7.42. The quantitative estimate of drug-likeness (QED) is 0.305. The Hall–Kier alpha value is -1.91. The molecular weight excluding hydrogens is 423 g/mol. The van der Waals surface area contributed by atoms with E-state index in [0.29, 0.717) is 10.6 Å². The fraction of sp³-hybridized carbons (Fsp3) is 0.105. The Morgan fingerprint density at radius 3 is 2.48 bits per heavy atom. The number of carbonyl (C=O) groups excluding carboxylic acids is 2. The second kappa shape index (κ2) is 8.45. The van der Waals surface area contributed by atoms with Crippen LogP contribution >= 0.6 is 11.8 Å². The number of hydrogen-bond donors (Lipinski definition) is 0. The first-order valence-corrected chi connectivity index (χ1v) is 10.8. The van der Waals surface area contributed by atoms with Gasteiger partial charge in [-0.15, -0.1) is 0 Å². The van der Waals surface area contributed by atoms with Gasteiger partial charge in [0.1, 0.15) is 0 Å². The van der Waals surface area contributed by atoms with E-state index in [1.165, 1.54) is 12.3 Å². The summed E-state index contributed by atoms with van der Waals surface area (Å²) in [5.74, 6) is -2.74. The largest absolute Gasteiger partial charge is 1.00 e. The van der Waals surface area contributed by atoms with Gasteiger partial charge in [0, 0.05) is 16.0 Å². The van der Waals surface area contributed by atoms with Crippen LogP contribution in [0.3, 0.4) is 0 Å². The predicted molar refractivity (Wildman–Crippen MR) is 101 cm³/mol. The molecule has 142 valence electrons. The zero-order chi connectivity index (χ0) is 19.9. The molecule has 0 N–H and O–H groups in total. The molecule has 1 atom stereocenters. The summed E-state index contributed by atoms with van der Waals surface area (Å²) in [6.45, 7) is 0. The van der Waals surface area contributed by atoms with Crippen LogP contribution < -0.4 is 34.7 Å². The molecule has 10 heteroatoms. The zero-order valence-corrected chi connectivity index (χ0v) is 18.9. The van der Waals surface area contributed by atoms with Gasteiger partial charge in [-0.1, -0.05) is 36.0 Å². The van der Waals surface area contributed by atoms with Crippen LogP contribution in [0.5, 0.6) is 0 Å². The Bertz CT molecular complexity index is 1130. The summed E-state index contributed by atoms with van der Waals surface area (Å²) in [4.78, 5) is 30.0. The Morgan fingerprint density at radius 2 is 1.86 bits per heavy atom. The van der Waals surface area contributed by atoms with E-state index in [-0.39, 0.29) is 40.0 Å². The van der Waals surface area contributed by atoms with E-state index in [4.69, 9.17) is 0 Å². The molecule has 0 radical (unpaired) electrons. The molecule has 1 saturated heterocycles. The van der Waals surface area contributed by atoms with Gasteiger partial charge in [0.05, 0.1) is 28.7 Å². The molecule has 0 saturated carbocycles. The van der Waals surface area contributed by atoms with E-state index in [9.17, 15) is 23.1 Å². The van der Waals surface area contributed by atoms with E-state index in [2.05, 4.69) is 4.98 Å². The minimum Gasteiger partial charge on any atom is -0.543 e. The Morgan fingerprint density at radius 1 is 1.17 bits per heavy atom. The second-order valence-electron chi connectivity index (χ2n) is 6.16. The van der Waals surface area contributed by atoms with Gasteiger partial charge in [0.25, 0.3) is 5.91 Å². The van der Waals surface area contributed by atoms with Gasteiger partial charge in [-0.3, -0.25) is 14.7 Å². The molecule has 0 aliphatic carbocycles. The summed E-state index contributed by atoms with van der Waals surface area (Å²) in [5.41, 5.74) is 0.0298. The number of aromatic nitrogens is 1. The number of carboxylic acids is 1.